The third-order valence-electron chi connectivity index (χ3n) is 4.77. The molecule has 1 aromatic carbocycles. The van der Waals surface area contributed by atoms with Gasteiger partial charge in [-0.25, -0.2) is 0 Å². The molecule has 114 valence electrons. The maximum absolute atomic E-state index is 12.7. The summed E-state index contributed by atoms with van der Waals surface area (Å²) >= 11 is 0. The van der Waals surface area contributed by atoms with E-state index in [1.165, 1.54) is 5.56 Å². The van der Waals surface area contributed by atoms with Crippen molar-refractivity contribution in [3.05, 3.63) is 41.7 Å². The molecule has 0 spiro atoms. The summed E-state index contributed by atoms with van der Waals surface area (Å²) in [5.74, 6) is 0.883. The summed E-state index contributed by atoms with van der Waals surface area (Å²) in [6.45, 7) is 4.76. The van der Waals surface area contributed by atoms with Crippen LogP contribution < -0.4 is 5.32 Å². The number of fused-ring (bicyclic) bond motifs is 1. The van der Waals surface area contributed by atoms with Crippen LogP contribution in [0.1, 0.15) is 22.5 Å². The second-order valence-electron chi connectivity index (χ2n) is 6.22. The Balaban J connectivity index is 1.56. The van der Waals surface area contributed by atoms with Crippen LogP contribution in [0.25, 0.3) is 11.3 Å². The summed E-state index contributed by atoms with van der Waals surface area (Å²) < 4.78 is 5.31. The van der Waals surface area contributed by atoms with Crippen LogP contribution in [-0.4, -0.2) is 41.6 Å². The van der Waals surface area contributed by atoms with Crippen LogP contribution in [0.4, 0.5) is 0 Å². The Hall–Kier alpha value is -2.14. The van der Waals surface area contributed by atoms with Crippen LogP contribution in [0.5, 0.6) is 0 Å². The maximum Gasteiger partial charge on any atom is 0.292 e. The molecule has 1 aromatic heterocycles. The first-order valence-corrected chi connectivity index (χ1v) is 7.78. The smallest absolute Gasteiger partial charge is 0.292 e. The lowest BCUT2D eigenvalue weighted by Crippen LogP contribution is -2.38. The number of amides is 1. The minimum absolute atomic E-state index is 0.0398. The number of likely N-dealkylation sites (tertiary alicyclic amines) is 1. The zero-order chi connectivity index (χ0) is 15.1. The molecule has 2 aromatic rings. The highest BCUT2D eigenvalue weighted by atomic mass is 16.5. The van der Waals surface area contributed by atoms with Crippen molar-refractivity contribution in [3.8, 4) is 11.3 Å². The molecule has 2 saturated heterocycles. The van der Waals surface area contributed by atoms with Gasteiger partial charge in [0.2, 0.25) is 5.76 Å². The predicted octanol–water partition coefficient (Wildman–Crippen LogP) is 2.08. The van der Waals surface area contributed by atoms with E-state index in [0.717, 1.165) is 31.6 Å². The van der Waals surface area contributed by atoms with Gasteiger partial charge in [-0.3, -0.25) is 4.79 Å². The largest absolute Gasteiger partial charge is 0.350 e. The van der Waals surface area contributed by atoms with E-state index in [0.29, 0.717) is 23.4 Å². The molecule has 0 bridgehead atoms. The number of carbonyl (C=O) groups is 1. The summed E-state index contributed by atoms with van der Waals surface area (Å²) in [6, 6.07) is 10.1. The van der Waals surface area contributed by atoms with Gasteiger partial charge in [-0.1, -0.05) is 35.0 Å². The maximum atomic E-state index is 12.7. The van der Waals surface area contributed by atoms with Crippen molar-refractivity contribution in [3.63, 3.8) is 0 Å². The lowest BCUT2D eigenvalue weighted by atomic mass is 10.1. The van der Waals surface area contributed by atoms with Gasteiger partial charge in [0.25, 0.3) is 5.91 Å². The molecule has 5 heteroatoms. The molecule has 5 nitrogen and oxygen atoms in total. The van der Waals surface area contributed by atoms with E-state index in [4.69, 9.17) is 4.52 Å². The molecule has 0 saturated carbocycles. The minimum atomic E-state index is -0.0398. The van der Waals surface area contributed by atoms with E-state index in [2.05, 4.69) is 10.5 Å². The van der Waals surface area contributed by atoms with Crippen molar-refractivity contribution in [2.45, 2.75) is 19.4 Å². The highest BCUT2D eigenvalue weighted by Gasteiger charge is 2.41. The number of nitrogens with zero attached hydrogens (tertiary/aromatic N) is 2. The monoisotopic (exact) mass is 297 g/mol. The molecule has 1 N–H and O–H groups in total. The molecule has 0 unspecified atom stereocenters. The van der Waals surface area contributed by atoms with Crippen molar-refractivity contribution in [2.75, 3.05) is 19.6 Å². The van der Waals surface area contributed by atoms with Gasteiger partial charge in [0.05, 0.1) is 0 Å². The molecule has 0 radical (unpaired) electrons. The third kappa shape index (κ3) is 2.22. The van der Waals surface area contributed by atoms with E-state index < -0.39 is 0 Å². The number of aromatic nitrogens is 1. The van der Waals surface area contributed by atoms with Crippen LogP contribution in [-0.2, 0) is 0 Å². The number of aryl methyl sites for hydroxylation is 1. The van der Waals surface area contributed by atoms with Crippen molar-refractivity contribution in [2.24, 2.45) is 5.92 Å². The summed E-state index contributed by atoms with van der Waals surface area (Å²) in [5, 5.41) is 7.41. The molecular weight excluding hydrogens is 278 g/mol. The minimum Gasteiger partial charge on any atom is -0.350 e. The number of carbonyl (C=O) groups excluding carboxylic acids is 1. The molecule has 2 aliphatic rings. The molecule has 22 heavy (non-hydrogen) atoms. The van der Waals surface area contributed by atoms with Crippen molar-refractivity contribution < 1.29 is 9.32 Å². The summed E-state index contributed by atoms with van der Waals surface area (Å²) in [6.07, 6.45) is 1.07. The van der Waals surface area contributed by atoms with Crippen molar-refractivity contribution in [1.29, 1.82) is 0 Å². The number of hydrogen-bond donors (Lipinski definition) is 1. The van der Waals surface area contributed by atoms with Gasteiger partial charge in [0.1, 0.15) is 5.69 Å². The Labute approximate surface area is 129 Å². The van der Waals surface area contributed by atoms with Gasteiger partial charge in [0.15, 0.2) is 0 Å². The normalized spacial score (nSPS) is 23.8. The Morgan fingerprint density at radius 3 is 2.95 bits per heavy atom. The first kappa shape index (κ1) is 13.5. The molecule has 2 fully saturated rings. The number of rotatable bonds is 2. The average Bonchev–Trinajstić information content (AvgIpc) is 3.23. The zero-order valence-electron chi connectivity index (χ0n) is 12.6. The molecule has 3 heterocycles. The first-order valence-electron chi connectivity index (χ1n) is 7.78. The van der Waals surface area contributed by atoms with Crippen LogP contribution in [0.15, 0.2) is 34.9 Å². The zero-order valence-corrected chi connectivity index (χ0v) is 12.6. The highest BCUT2D eigenvalue weighted by Crippen LogP contribution is 2.29. The molecule has 4 rings (SSSR count). The van der Waals surface area contributed by atoms with Gasteiger partial charge < -0.3 is 14.7 Å². The highest BCUT2D eigenvalue weighted by molar-refractivity contribution is 5.93. The SMILES string of the molecule is Cc1ccc(-c2cc(C(=O)N3CC[C@@H]4CNC[C@@H]43)on2)cc1. The fraction of sp³-hybridized carbons (Fsp3) is 0.412. The second kappa shape index (κ2) is 5.25. The fourth-order valence-corrected chi connectivity index (χ4v) is 3.48. The molecule has 2 aliphatic heterocycles. The Kier molecular flexibility index (Phi) is 3.22. The van der Waals surface area contributed by atoms with E-state index >= 15 is 0 Å². The van der Waals surface area contributed by atoms with Crippen LogP contribution in [0, 0.1) is 12.8 Å². The van der Waals surface area contributed by atoms with Gasteiger partial charge in [0, 0.05) is 37.3 Å². The van der Waals surface area contributed by atoms with E-state index in [1.54, 1.807) is 6.07 Å². The fourth-order valence-electron chi connectivity index (χ4n) is 3.48. The standard InChI is InChI=1S/C17H19N3O2/c1-11-2-4-12(5-3-11)14-8-16(22-19-14)17(21)20-7-6-13-9-18-10-15(13)20/h2-5,8,13,15,18H,6-7,9-10H2,1H3/t13-,15+/m1/s1. The van der Waals surface area contributed by atoms with Crippen LogP contribution in [0.2, 0.25) is 0 Å². The second-order valence-corrected chi connectivity index (χ2v) is 6.22. The molecule has 1 amide bonds. The summed E-state index contributed by atoms with van der Waals surface area (Å²) in [7, 11) is 0. The first-order chi connectivity index (χ1) is 10.7. The average molecular weight is 297 g/mol. The Morgan fingerprint density at radius 1 is 1.32 bits per heavy atom. The van der Waals surface area contributed by atoms with Gasteiger partial charge in [-0.05, 0) is 19.3 Å². The van der Waals surface area contributed by atoms with E-state index in [9.17, 15) is 4.79 Å². The lowest BCUT2D eigenvalue weighted by molar-refractivity contribution is 0.0695. The van der Waals surface area contributed by atoms with E-state index in [-0.39, 0.29) is 5.91 Å². The number of hydrogen-bond acceptors (Lipinski definition) is 4. The number of benzene rings is 1. The van der Waals surface area contributed by atoms with Gasteiger partial charge >= 0.3 is 0 Å². The Bertz CT molecular complexity index is 692. The van der Waals surface area contributed by atoms with E-state index in [1.807, 2.05) is 36.1 Å². The molecule has 0 aliphatic carbocycles. The number of nitrogens with one attached hydrogen (secondary N) is 1. The molecule has 2 atom stereocenters. The van der Waals surface area contributed by atoms with Gasteiger partial charge in [-0.2, -0.15) is 0 Å². The molecular formula is C17H19N3O2. The Morgan fingerprint density at radius 2 is 2.14 bits per heavy atom. The van der Waals surface area contributed by atoms with Crippen molar-refractivity contribution in [1.82, 2.24) is 15.4 Å². The lowest BCUT2D eigenvalue weighted by Gasteiger charge is -2.21. The van der Waals surface area contributed by atoms with Crippen LogP contribution >= 0.6 is 0 Å². The van der Waals surface area contributed by atoms with Gasteiger partial charge in [-0.15, -0.1) is 0 Å². The quantitative estimate of drug-likeness (QED) is 0.922. The van der Waals surface area contributed by atoms with Crippen LogP contribution in [0.3, 0.4) is 0 Å². The summed E-state index contributed by atoms with van der Waals surface area (Å²) in [4.78, 5) is 14.6. The third-order valence-corrected chi connectivity index (χ3v) is 4.77. The summed E-state index contributed by atoms with van der Waals surface area (Å²) in [5.41, 5.74) is 2.87. The topological polar surface area (TPSA) is 58.4 Å². The predicted molar refractivity (Wildman–Crippen MR) is 82.5 cm³/mol. The van der Waals surface area contributed by atoms with Crippen molar-refractivity contribution >= 4 is 5.91 Å².